The summed E-state index contributed by atoms with van der Waals surface area (Å²) in [6.45, 7) is 3.88. The maximum Gasteiger partial charge on any atom is 0.151 e. The summed E-state index contributed by atoms with van der Waals surface area (Å²) in [5, 5.41) is 18.8. The number of rotatable bonds is 5. The Kier molecular flexibility index (Phi) is 5.30. The number of aromatic nitrogens is 2. The highest BCUT2D eigenvalue weighted by atomic mass is 16.5. The maximum atomic E-state index is 9.99. The number of hydrogen-bond acceptors (Lipinski definition) is 5. The van der Waals surface area contributed by atoms with Gasteiger partial charge in [-0.1, -0.05) is 19.1 Å². The van der Waals surface area contributed by atoms with Gasteiger partial charge in [0.25, 0.3) is 0 Å². The van der Waals surface area contributed by atoms with Gasteiger partial charge in [-0.25, -0.2) is 0 Å². The molecular weight excluding hydrogens is 302 g/mol. The minimum absolute atomic E-state index is 0.175. The molecule has 5 heteroatoms. The third-order valence-electron chi connectivity index (χ3n) is 4.86. The number of piperidine rings is 1. The molecule has 128 valence electrons. The SMILES string of the molecule is CC[C@H](O)C1CCN(c2ccc(-c3ccccc3OC)nn2)CC1. The average Bonchev–Trinajstić information content (AvgIpc) is 2.67. The minimum Gasteiger partial charge on any atom is -0.496 e. The molecule has 1 aromatic carbocycles. The Morgan fingerprint density at radius 2 is 1.92 bits per heavy atom. The van der Waals surface area contributed by atoms with Gasteiger partial charge in [0.1, 0.15) is 5.75 Å². The summed E-state index contributed by atoms with van der Waals surface area (Å²) in [5.41, 5.74) is 1.76. The maximum absolute atomic E-state index is 9.99. The molecule has 1 atom stereocenters. The van der Waals surface area contributed by atoms with E-state index in [2.05, 4.69) is 15.1 Å². The fraction of sp³-hybridized carbons (Fsp3) is 0.474. The number of benzene rings is 1. The van der Waals surface area contributed by atoms with E-state index >= 15 is 0 Å². The first-order valence-electron chi connectivity index (χ1n) is 8.63. The van der Waals surface area contributed by atoms with Crippen molar-refractivity contribution in [2.24, 2.45) is 5.92 Å². The monoisotopic (exact) mass is 327 g/mol. The molecule has 24 heavy (non-hydrogen) atoms. The van der Waals surface area contributed by atoms with Crippen LogP contribution in [0.5, 0.6) is 5.75 Å². The smallest absolute Gasteiger partial charge is 0.151 e. The Balaban J connectivity index is 1.69. The van der Waals surface area contributed by atoms with E-state index in [1.165, 1.54) is 0 Å². The van der Waals surface area contributed by atoms with E-state index in [1.807, 2.05) is 43.3 Å². The first-order valence-corrected chi connectivity index (χ1v) is 8.63. The number of aliphatic hydroxyl groups excluding tert-OH is 1. The zero-order valence-corrected chi connectivity index (χ0v) is 14.4. The number of methoxy groups -OCH3 is 1. The van der Waals surface area contributed by atoms with Crippen molar-refractivity contribution in [1.29, 1.82) is 0 Å². The molecule has 0 saturated carbocycles. The normalized spacial score (nSPS) is 16.9. The van der Waals surface area contributed by atoms with Gasteiger partial charge >= 0.3 is 0 Å². The van der Waals surface area contributed by atoms with Gasteiger partial charge in [0.2, 0.25) is 0 Å². The highest BCUT2D eigenvalue weighted by Gasteiger charge is 2.25. The minimum atomic E-state index is -0.175. The summed E-state index contributed by atoms with van der Waals surface area (Å²) in [7, 11) is 1.66. The summed E-state index contributed by atoms with van der Waals surface area (Å²) >= 11 is 0. The van der Waals surface area contributed by atoms with Crippen molar-refractivity contribution >= 4 is 5.82 Å². The quantitative estimate of drug-likeness (QED) is 0.914. The van der Waals surface area contributed by atoms with Gasteiger partial charge in [-0.2, -0.15) is 0 Å². The predicted molar refractivity (Wildman–Crippen MR) is 95.3 cm³/mol. The van der Waals surface area contributed by atoms with Crippen LogP contribution in [-0.2, 0) is 0 Å². The predicted octanol–water partition coefficient (Wildman–Crippen LogP) is 3.14. The van der Waals surface area contributed by atoms with Crippen molar-refractivity contribution in [2.45, 2.75) is 32.3 Å². The molecule has 1 aliphatic rings. The Morgan fingerprint density at radius 3 is 2.54 bits per heavy atom. The van der Waals surface area contributed by atoms with Crippen LogP contribution in [0, 0.1) is 5.92 Å². The standard InChI is InChI=1S/C19H25N3O2/c1-3-17(23)14-10-12-22(13-11-14)19-9-8-16(20-21-19)15-6-4-5-7-18(15)24-2/h4-9,14,17,23H,3,10-13H2,1-2H3/t17-/m0/s1. The number of anilines is 1. The molecule has 1 aliphatic heterocycles. The second-order valence-corrected chi connectivity index (χ2v) is 6.28. The molecule has 3 rings (SSSR count). The molecule has 0 spiro atoms. The van der Waals surface area contributed by atoms with Crippen LogP contribution in [0.25, 0.3) is 11.3 Å². The van der Waals surface area contributed by atoms with Crippen molar-refractivity contribution in [3.8, 4) is 17.0 Å². The molecule has 0 aliphatic carbocycles. The van der Waals surface area contributed by atoms with E-state index in [9.17, 15) is 5.11 Å². The van der Waals surface area contributed by atoms with E-state index in [1.54, 1.807) is 7.11 Å². The Labute approximate surface area is 143 Å². The molecule has 1 N–H and O–H groups in total. The largest absolute Gasteiger partial charge is 0.496 e. The molecule has 1 fully saturated rings. The molecule has 0 bridgehead atoms. The lowest BCUT2D eigenvalue weighted by molar-refractivity contribution is 0.0892. The van der Waals surface area contributed by atoms with Gasteiger partial charge in [0.15, 0.2) is 5.82 Å². The van der Waals surface area contributed by atoms with Crippen molar-refractivity contribution in [3.05, 3.63) is 36.4 Å². The molecule has 1 aromatic heterocycles. The summed E-state index contributed by atoms with van der Waals surface area (Å²) < 4.78 is 5.39. The Morgan fingerprint density at radius 1 is 1.17 bits per heavy atom. The fourth-order valence-corrected chi connectivity index (χ4v) is 3.34. The molecule has 5 nitrogen and oxygen atoms in total. The van der Waals surface area contributed by atoms with Crippen LogP contribution >= 0.6 is 0 Å². The van der Waals surface area contributed by atoms with E-state index in [4.69, 9.17) is 4.74 Å². The lowest BCUT2D eigenvalue weighted by Crippen LogP contribution is -2.38. The van der Waals surface area contributed by atoms with Crippen LogP contribution in [-0.4, -0.2) is 41.6 Å². The van der Waals surface area contributed by atoms with E-state index < -0.39 is 0 Å². The second-order valence-electron chi connectivity index (χ2n) is 6.28. The summed E-state index contributed by atoms with van der Waals surface area (Å²) in [5.74, 6) is 2.11. The lowest BCUT2D eigenvalue weighted by Gasteiger charge is -2.34. The van der Waals surface area contributed by atoms with Gasteiger partial charge in [-0.15, -0.1) is 10.2 Å². The van der Waals surface area contributed by atoms with E-state index in [-0.39, 0.29) is 6.10 Å². The molecule has 0 radical (unpaired) electrons. The van der Waals surface area contributed by atoms with Crippen LogP contribution in [0.1, 0.15) is 26.2 Å². The van der Waals surface area contributed by atoms with Crippen LogP contribution in [0.2, 0.25) is 0 Å². The molecule has 0 unspecified atom stereocenters. The fourth-order valence-electron chi connectivity index (χ4n) is 3.34. The van der Waals surface area contributed by atoms with Gasteiger partial charge in [0.05, 0.1) is 18.9 Å². The third-order valence-corrected chi connectivity index (χ3v) is 4.86. The molecular formula is C19H25N3O2. The van der Waals surface area contributed by atoms with E-state index in [0.717, 1.165) is 55.2 Å². The molecule has 2 aromatic rings. The van der Waals surface area contributed by atoms with Gasteiger partial charge in [-0.05, 0) is 49.4 Å². The first-order chi connectivity index (χ1) is 11.7. The van der Waals surface area contributed by atoms with E-state index in [0.29, 0.717) is 5.92 Å². The number of ether oxygens (including phenoxy) is 1. The van der Waals surface area contributed by atoms with Gasteiger partial charge in [-0.3, -0.25) is 0 Å². The third kappa shape index (κ3) is 3.51. The van der Waals surface area contributed by atoms with Crippen LogP contribution in [0.4, 0.5) is 5.82 Å². The number of hydrogen-bond donors (Lipinski definition) is 1. The van der Waals surface area contributed by atoms with Crippen molar-refractivity contribution in [3.63, 3.8) is 0 Å². The first kappa shape index (κ1) is 16.7. The van der Waals surface area contributed by atoms with Gasteiger partial charge in [0, 0.05) is 18.7 Å². The summed E-state index contributed by atoms with van der Waals surface area (Å²) in [6.07, 6.45) is 2.67. The van der Waals surface area contributed by atoms with Crippen LogP contribution < -0.4 is 9.64 Å². The highest BCUT2D eigenvalue weighted by molar-refractivity contribution is 5.67. The molecule has 1 saturated heterocycles. The highest BCUT2D eigenvalue weighted by Crippen LogP contribution is 2.29. The Bertz CT molecular complexity index is 652. The molecule has 2 heterocycles. The second kappa shape index (κ2) is 7.62. The summed E-state index contributed by atoms with van der Waals surface area (Å²) in [6, 6.07) is 11.8. The molecule has 0 amide bonds. The average molecular weight is 327 g/mol. The number of aliphatic hydroxyl groups is 1. The Hall–Kier alpha value is -2.14. The van der Waals surface area contributed by atoms with Crippen LogP contribution in [0.3, 0.4) is 0 Å². The summed E-state index contributed by atoms with van der Waals surface area (Å²) in [4.78, 5) is 2.25. The number of nitrogens with zero attached hydrogens (tertiary/aromatic N) is 3. The topological polar surface area (TPSA) is 58.5 Å². The lowest BCUT2D eigenvalue weighted by atomic mass is 9.90. The van der Waals surface area contributed by atoms with Gasteiger partial charge < -0.3 is 14.7 Å². The zero-order chi connectivity index (χ0) is 16.9. The zero-order valence-electron chi connectivity index (χ0n) is 14.4. The van der Waals surface area contributed by atoms with Crippen molar-refractivity contribution in [1.82, 2.24) is 10.2 Å². The van der Waals surface area contributed by atoms with Crippen molar-refractivity contribution in [2.75, 3.05) is 25.1 Å². The van der Waals surface area contributed by atoms with Crippen molar-refractivity contribution < 1.29 is 9.84 Å². The van der Waals surface area contributed by atoms with Crippen LogP contribution in [0.15, 0.2) is 36.4 Å². The number of para-hydroxylation sites is 1.